The van der Waals surface area contributed by atoms with Gasteiger partial charge >= 0.3 is 0 Å². The maximum atomic E-state index is 3.83. The van der Waals surface area contributed by atoms with Crippen molar-refractivity contribution in [1.29, 1.82) is 0 Å². The molecule has 76 valence electrons. The van der Waals surface area contributed by atoms with Gasteiger partial charge in [-0.15, -0.1) is 0 Å². The van der Waals surface area contributed by atoms with E-state index in [9.17, 15) is 0 Å². The van der Waals surface area contributed by atoms with Crippen LogP contribution >= 0.6 is 0 Å². The summed E-state index contributed by atoms with van der Waals surface area (Å²) >= 11 is 0. The van der Waals surface area contributed by atoms with E-state index in [1.165, 1.54) is 38.5 Å². The van der Waals surface area contributed by atoms with Crippen molar-refractivity contribution in [2.75, 3.05) is 0 Å². The molecule has 2 aliphatic carbocycles. The van der Waals surface area contributed by atoms with Gasteiger partial charge in [-0.2, -0.15) is 0 Å². The van der Waals surface area contributed by atoms with Crippen LogP contribution in [0, 0.1) is 11.8 Å². The van der Waals surface area contributed by atoms with Gasteiger partial charge in [0.05, 0.1) is 0 Å². The number of hydrogen-bond acceptors (Lipinski definition) is 1. The zero-order valence-electron chi connectivity index (χ0n) is 9.05. The van der Waals surface area contributed by atoms with E-state index in [1.807, 2.05) is 0 Å². The molecular formula is C12H23N. The van der Waals surface area contributed by atoms with Crippen molar-refractivity contribution in [3.63, 3.8) is 0 Å². The average molecular weight is 181 g/mol. The van der Waals surface area contributed by atoms with Crippen molar-refractivity contribution in [2.24, 2.45) is 11.8 Å². The first-order chi connectivity index (χ1) is 6.27. The van der Waals surface area contributed by atoms with Crippen molar-refractivity contribution >= 4 is 0 Å². The van der Waals surface area contributed by atoms with Gasteiger partial charge in [0.25, 0.3) is 0 Å². The molecular weight excluding hydrogens is 158 g/mol. The molecule has 1 heteroatoms. The molecule has 0 spiro atoms. The molecule has 0 aromatic heterocycles. The summed E-state index contributed by atoms with van der Waals surface area (Å²) in [5, 5.41) is 3.83. The molecule has 2 saturated carbocycles. The molecule has 0 bridgehead atoms. The Kier molecular flexibility index (Phi) is 2.92. The predicted octanol–water partition coefficient (Wildman–Crippen LogP) is 2.95. The summed E-state index contributed by atoms with van der Waals surface area (Å²) in [7, 11) is 0. The second-order valence-corrected chi connectivity index (χ2v) is 5.16. The minimum Gasteiger partial charge on any atom is -0.311 e. The Morgan fingerprint density at radius 1 is 1.08 bits per heavy atom. The first-order valence-corrected chi connectivity index (χ1v) is 6.03. The normalized spacial score (nSPS) is 37.4. The highest BCUT2D eigenvalue weighted by molar-refractivity contribution is 4.88. The Bertz CT molecular complexity index is 163. The van der Waals surface area contributed by atoms with Gasteiger partial charge in [0.2, 0.25) is 0 Å². The standard InChI is InChI=1S/C12H23N/c1-9-5-3-4-6-12(9)13-10(2)11-7-8-11/h9-13H,3-8H2,1-2H3. The van der Waals surface area contributed by atoms with Crippen LogP contribution in [0.1, 0.15) is 52.4 Å². The van der Waals surface area contributed by atoms with E-state index < -0.39 is 0 Å². The molecule has 2 aliphatic rings. The fourth-order valence-corrected chi connectivity index (χ4v) is 2.63. The van der Waals surface area contributed by atoms with E-state index in [2.05, 4.69) is 19.2 Å². The third-order valence-corrected chi connectivity index (χ3v) is 3.92. The summed E-state index contributed by atoms with van der Waals surface area (Å²) in [5.74, 6) is 1.92. The van der Waals surface area contributed by atoms with Crippen LogP contribution in [0.15, 0.2) is 0 Å². The van der Waals surface area contributed by atoms with Crippen LogP contribution in [0.3, 0.4) is 0 Å². The SMILES string of the molecule is CC1CCCCC1NC(C)C1CC1. The summed E-state index contributed by atoms with van der Waals surface area (Å²) in [6.45, 7) is 4.79. The lowest BCUT2D eigenvalue weighted by Gasteiger charge is -2.32. The number of hydrogen-bond donors (Lipinski definition) is 1. The van der Waals surface area contributed by atoms with Gasteiger partial charge in [0, 0.05) is 12.1 Å². The van der Waals surface area contributed by atoms with Gasteiger partial charge < -0.3 is 5.32 Å². The van der Waals surface area contributed by atoms with Gasteiger partial charge in [-0.25, -0.2) is 0 Å². The molecule has 1 N–H and O–H groups in total. The van der Waals surface area contributed by atoms with Crippen molar-refractivity contribution in [2.45, 2.75) is 64.5 Å². The van der Waals surface area contributed by atoms with Crippen LogP contribution in [0.2, 0.25) is 0 Å². The van der Waals surface area contributed by atoms with Crippen molar-refractivity contribution in [1.82, 2.24) is 5.32 Å². The lowest BCUT2D eigenvalue weighted by Crippen LogP contribution is -2.43. The van der Waals surface area contributed by atoms with Crippen LogP contribution < -0.4 is 5.32 Å². The first kappa shape index (κ1) is 9.51. The lowest BCUT2D eigenvalue weighted by atomic mass is 9.85. The summed E-state index contributed by atoms with van der Waals surface area (Å²) in [4.78, 5) is 0. The molecule has 0 aromatic rings. The fraction of sp³-hybridized carbons (Fsp3) is 1.00. The van der Waals surface area contributed by atoms with E-state index in [0.29, 0.717) is 0 Å². The zero-order chi connectivity index (χ0) is 9.26. The Balaban J connectivity index is 1.77. The van der Waals surface area contributed by atoms with E-state index in [0.717, 1.165) is 23.9 Å². The topological polar surface area (TPSA) is 12.0 Å². The molecule has 0 radical (unpaired) electrons. The van der Waals surface area contributed by atoms with Crippen LogP contribution in [0.4, 0.5) is 0 Å². The molecule has 2 fully saturated rings. The van der Waals surface area contributed by atoms with Crippen LogP contribution in [0.5, 0.6) is 0 Å². The third kappa shape index (κ3) is 2.46. The molecule has 0 amide bonds. The molecule has 0 heterocycles. The minimum atomic E-state index is 0.783. The Labute approximate surface area is 82.3 Å². The molecule has 0 aliphatic heterocycles. The predicted molar refractivity (Wildman–Crippen MR) is 56.7 cm³/mol. The van der Waals surface area contributed by atoms with Crippen molar-refractivity contribution in [3.8, 4) is 0 Å². The van der Waals surface area contributed by atoms with Crippen molar-refractivity contribution < 1.29 is 0 Å². The van der Waals surface area contributed by atoms with E-state index in [1.54, 1.807) is 0 Å². The van der Waals surface area contributed by atoms with Gasteiger partial charge in [-0.1, -0.05) is 19.8 Å². The van der Waals surface area contributed by atoms with E-state index in [-0.39, 0.29) is 0 Å². The maximum absolute atomic E-state index is 3.83. The smallest absolute Gasteiger partial charge is 0.00952 e. The molecule has 0 aromatic carbocycles. The Morgan fingerprint density at radius 3 is 2.38 bits per heavy atom. The summed E-state index contributed by atoms with van der Waals surface area (Å²) in [5.41, 5.74) is 0. The number of nitrogens with one attached hydrogen (secondary N) is 1. The van der Waals surface area contributed by atoms with Crippen LogP contribution in [-0.4, -0.2) is 12.1 Å². The summed E-state index contributed by atoms with van der Waals surface area (Å²) < 4.78 is 0. The van der Waals surface area contributed by atoms with Gasteiger partial charge in [-0.05, 0) is 44.4 Å². The second-order valence-electron chi connectivity index (χ2n) is 5.16. The highest BCUT2D eigenvalue weighted by atomic mass is 15.0. The third-order valence-electron chi connectivity index (χ3n) is 3.92. The van der Waals surface area contributed by atoms with Crippen LogP contribution in [-0.2, 0) is 0 Å². The van der Waals surface area contributed by atoms with E-state index in [4.69, 9.17) is 0 Å². The molecule has 1 nitrogen and oxygen atoms in total. The molecule has 3 atom stereocenters. The zero-order valence-corrected chi connectivity index (χ0v) is 9.05. The summed E-state index contributed by atoms with van der Waals surface area (Å²) in [6.07, 6.45) is 8.69. The largest absolute Gasteiger partial charge is 0.311 e. The average Bonchev–Trinajstić information content (AvgIpc) is 2.91. The molecule has 13 heavy (non-hydrogen) atoms. The quantitative estimate of drug-likeness (QED) is 0.706. The molecule has 3 unspecified atom stereocenters. The summed E-state index contributed by atoms with van der Waals surface area (Å²) in [6, 6.07) is 1.61. The Hall–Kier alpha value is -0.0400. The second kappa shape index (κ2) is 4.00. The highest BCUT2D eigenvalue weighted by Gasteiger charge is 2.31. The first-order valence-electron chi connectivity index (χ1n) is 6.03. The molecule has 2 rings (SSSR count). The van der Waals surface area contributed by atoms with Gasteiger partial charge in [0.1, 0.15) is 0 Å². The Morgan fingerprint density at radius 2 is 1.77 bits per heavy atom. The molecule has 0 saturated heterocycles. The van der Waals surface area contributed by atoms with E-state index >= 15 is 0 Å². The van der Waals surface area contributed by atoms with Crippen LogP contribution in [0.25, 0.3) is 0 Å². The van der Waals surface area contributed by atoms with Gasteiger partial charge in [-0.3, -0.25) is 0 Å². The lowest BCUT2D eigenvalue weighted by molar-refractivity contribution is 0.254. The fourth-order valence-electron chi connectivity index (χ4n) is 2.63. The van der Waals surface area contributed by atoms with Crippen molar-refractivity contribution in [3.05, 3.63) is 0 Å². The monoisotopic (exact) mass is 181 g/mol. The minimum absolute atomic E-state index is 0.783. The van der Waals surface area contributed by atoms with Gasteiger partial charge in [0.15, 0.2) is 0 Å². The maximum Gasteiger partial charge on any atom is 0.00952 e. The number of rotatable bonds is 3. The highest BCUT2D eigenvalue weighted by Crippen LogP contribution is 2.34.